The number of nitrogens with one attached hydrogen (secondary N) is 1. The molecular weight excluding hydrogens is 384 g/mol. The number of aromatic carboxylic acids is 1. The molecule has 0 saturated carbocycles. The van der Waals surface area contributed by atoms with Crippen molar-refractivity contribution in [3.8, 4) is 16.9 Å². The van der Waals surface area contributed by atoms with Gasteiger partial charge in [-0.05, 0) is 19.2 Å². The maximum atomic E-state index is 12.3. The third kappa shape index (κ3) is 3.54. The molecule has 0 unspecified atom stereocenters. The number of benzene rings is 1. The highest BCUT2D eigenvalue weighted by atomic mass is 16.5. The van der Waals surface area contributed by atoms with Gasteiger partial charge in [0, 0.05) is 73.4 Å². The zero-order valence-corrected chi connectivity index (χ0v) is 17.2. The molecule has 0 amide bonds. The van der Waals surface area contributed by atoms with Gasteiger partial charge in [0.15, 0.2) is 0 Å². The van der Waals surface area contributed by atoms with Crippen molar-refractivity contribution in [1.29, 1.82) is 0 Å². The van der Waals surface area contributed by atoms with Gasteiger partial charge in [-0.15, -0.1) is 0 Å². The molecule has 4 rings (SSSR count). The minimum absolute atomic E-state index is 0.0795. The Labute approximate surface area is 174 Å². The lowest BCUT2D eigenvalue weighted by molar-refractivity contribution is 0.0331. The first-order chi connectivity index (χ1) is 14.5. The number of carbonyl (C=O) groups is 1. The van der Waals surface area contributed by atoms with E-state index in [9.17, 15) is 15.0 Å². The van der Waals surface area contributed by atoms with Crippen LogP contribution in [-0.2, 0) is 24.9 Å². The maximum absolute atomic E-state index is 12.3. The summed E-state index contributed by atoms with van der Waals surface area (Å²) in [6.45, 7) is 3.66. The topological polar surface area (TPSA) is 99.8 Å². The number of carboxylic acid groups (broad SMARTS) is 1. The van der Waals surface area contributed by atoms with Crippen molar-refractivity contribution in [1.82, 2.24) is 19.8 Å². The van der Waals surface area contributed by atoms with Crippen molar-refractivity contribution in [2.45, 2.75) is 13.1 Å². The van der Waals surface area contributed by atoms with Gasteiger partial charge in [0.25, 0.3) is 0 Å². The van der Waals surface area contributed by atoms with E-state index in [0.29, 0.717) is 42.8 Å². The molecular formula is C22H26N4O4. The Morgan fingerprint density at radius 1 is 1.33 bits per heavy atom. The number of hydrogen-bond donors (Lipinski definition) is 3. The summed E-state index contributed by atoms with van der Waals surface area (Å²) in [4.78, 5) is 18.7. The number of phenols is 1. The van der Waals surface area contributed by atoms with Crippen molar-refractivity contribution in [2.75, 3.05) is 33.4 Å². The average molecular weight is 410 g/mol. The molecule has 158 valence electrons. The van der Waals surface area contributed by atoms with E-state index in [2.05, 4.69) is 15.2 Å². The molecule has 1 aliphatic rings. The van der Waals surface area contributed by atoms with Crippen molar-refractivity contribution >= 4 is 16.9 Å². The van der Waals surface area contributed by atoms with Crippen LogP contribution in [-0.4, -0.2) is 64.0 Å². The number of phenolic OH excluding ortho intramolecular Hbond substituents is 1. The van der Waals surface area contributed by atoms with Crippen LogP contribution >= 0.6 is 0 Å². The lowest BCUT2D eigenvalue weighted by atomic mass is 9.96. The van der Waals surface area contributed by atoms with Gasteiger partial charge in [0.2, 0.25) is 0 Å². The van der Waals surface area contributed by atoms with Crippen LogP contribution in [0.4, 0.5) is 0 Å². The van der Waals surface area contributed by atoms with Crippen LogP contribution < -0.4 is 5.32 Å². The summed E-state index contributed by atoms with van der Waals surface area (Å²) in [6.07, 6.45) is 3.37. The summed E-state index contributed by atoms with van der Waals surface area (Å²) in [5.74, 6) is -0.911. The van der Waals surface area contributed by atoms with Gasteiger partial charge < -0.3 is 24.8 Å². The molecule has 0 atom stereocenters. The second-order valence-electron chi connectivity index (χ2n) is 7.49. The Kier molecular flexibility index (Phi) is 5.72. The average Bonchev–Trinajstić information content (AvgIpc) is 3.03. The number of aromatic hydroxyl groups is 1. The second-order valence-corrected chi connectivity index (χ2v) is 7.49. The summed E-state index contributed by atoms with van der Waals surface area (Å²) >= 11 is 0. The number of aromatic nitrogens is 2. The number of carboxylic acids is 1. The third-order valence-corrected chi connectivity index (χ3v) is 5.70. The van der Waals surface area contributed by atoms with E-state index in [4.69, 9.17) is 4.74 Å². The molecule has 2 aromatic heterocycles. The molecule has 3 N–H and O–H groups in total. The molecule has 30 heavy (non-hydrogen) atoms. The molecule has 3 aromatic rings. The zero-order chi connectivity index (χ0) is 21.3. The van der Waals surface area contributed by atoms with E-state index in [0.717, 1.165) is 29.9 Å². The molecule has 1 aromatic carbocycles. The van der Waals surface area contributed by atoms with E-state index in [1.165, 1.54) is 0 Å². The zero-order valence-electron chi connectivity index (χ0n) is 17.2. The Hall–Kier alpha value is -2.94. The predicted octanol–water partition coefficient (Wildman–Crippen LogP) is 2.20. The standard InChI is InChI=1S/C22H26N4O4/c1-23-12-16-19-17(10-15(21(16)27)14-4-3-5-24-11-14)25(2)18(20(19)22(28)29)13-26-6-8-30-9-7-26/h3-5,10-11,23,27H,6-9,12-13H2,1-2H3,(H,28,29). The number of nitrogens with zero attached hydrogens (tertiary/aromatic N) is 3. The van der Waals surface area contributed by atoms with Gasteiger partial charge in [-0.2, -0.15) is 0 Å². The largest absolute Gasteiger partial charge is 0.507 e. The fraction of sp³-hybridized carbons (Fsp3) is 0.364. The van der Waals surface area contributed by atoms with Crippen molar-refractivity contribution in [2.24, 2.45) is 7.05 Å². The number of rotatable bonds is 6. The number of hydrogen-bond acceptors (Lipinski definition) is 6. The molecule has 0 bridgehead atoms. The second kappa shape index (κ2) is 8.43. The number of ether oxygens (including phenoxy) is 1. The molecule has 0 radical (unpaired) electrons. The predicted molar refractivity (Wildman–Crippen MR) is 114 cm³/mol. The van der Waals surface area contributed by atoms with E-state index >= 15 is 0 Å². The summed E-state index contributed by atoms with van der Waals surface area (Å²) in [5.41, 5.74) is 3.74. The smallest absolute Gasteiger partial charge is 0.338 e. The first kappa shape index (κ1) is 20.3. The SMILES string of the molecule is CNCc1c(O)c(-c2cccnc2)cc2c1c(C(=O)O)c(CN1CCOCC1)n2C. The Bertz CT molecular complexity index is 1070. The minimum Gasteiger partial charge on any atom is -0.507 e. The van der Waals surface area contributed by atoms with Crippen LogP contribution in [0, 0.1) is 0 Å². The summed E-state index contributed by atoms with van der Waals surface area (Å²) in [5, 5.41) is 24.9. The van der Waals surface area contributed by atoms with Crippen LogP contribution in [0.3, 0.4) is 0 Å². The van der Waals surface area contributed by atoms with Crippen LogP contribution in [0.1, 0.15) is 21.6 Å². The monoisotopic (exact) mass is 410 g/mol. The molecule has 0 spiro atoms. The van der Waals surface area contributed by atoms with Crippen molar-refractivity contribution in [3.63, 3.8) is 0 Å². The summed E-state index contributed by atoms with van der Waals surface area (Å²) in [6, 6.07) is 5.55. The maximum Gasteiger partial charge on any atom is 0.338 e. The first-order valence-corrected chi connectivity index (χ1v) is 9.97. The quantitative estimate of drug-likeness (QED) is 0.573. The van der Waals surface area contributed by atoms with E-state index in [1.54, 1.807) is 19.4 Å². The molecule has 1 aliphatic heterocycles. The van der Waals surface area contributed by atoms with Gasteiger partial charge in [-0.1, -0.05) is 6.07 Å². The Balaban J connectivity index is 1.97. The van der Waals surface area contributed by atoms with Gasteiger partial charge in [-0.3, -0.25) is 9.88 Å². The molecule has 3 heterocycles. The molecule has 8 nitrogen and oxygen atoms in total. The minimum atomic E-state index is -0.991. The van der Waals surface area contributed by atoms with Crippen molar-refractivity contribution in [3.05, 3.63) is 47.4 Å². The highest BCUT2D eigenvalue weighted by Gasteiger charge is 2.27. The lowest BCUT2D eigenvalue weighted by Crippen LogP contribution is -2.36. The lowest BCUT2D eigenvalue weighted by Gasteiger charge is -2.27. The highest BCUT2D eigenvalue weighted by Crippen LogP contribution is 2.41. The third-order valence-electron chi connectivity index (χ3n) is 5.70. The number of aryl methyl sites for hydroxylation is 1. The van der Waals surface area contributed by atoms with E-state index in [1.807, 2.05) is 29.8 Å². The molecule has 0 aliphatic carbocycles. The highest BCUT2D eigenvalue weighted by molar-refractivity contribution is 6.08. The van der Waals surface area contributed by atoms with E-state index < -0.39 is 5.97 Å². The molecule has 8 heteroatoms. The number of fused-ring (bicyclic) bond motifs is 1. The fourth-order valence-corrected chi connectivity index (χ4v) is 4.19. The van der Waals surface area contributed by atoms with Crippen LogP contribution in [0.25, 0.3) is 22.0 Å². The van der Waals surface area contributed by atoms with Crippen LogP contribution in [0.2, 0.25) is 0 Å². The van der Waals surface area contributed by atoms with Gasteiger partial charge in [0.1, 0.15) is 5.75 Å². The van der Waals surface area contributed by atoms with Gasteiger partial charge >= 0.3 is 5.97 Å². The fourth-order valence-electron chi connectivity index (χ4n) is 4.19. The molecule has 1 fully saturated rings. The van der Waals surface area contributed by atoms with Crippen molar-refractivity contribution < 1.29 is 19.7 Å². The first-order valence-electron chi connectivity index (χ1n) is 9.97. The Morgan fingerprint density at radius 3 is 2.73 bits per heavy atom. The summed E-state index contributed by atoms with van der Waals surface area (Å²) < 4.78 is 7.36. The van der Waals surface area contributed by atoms with Crippen LogP contribution in [0.5, 0.6) is 5.75 Å². The van der Waals surface area contributed by atoms with E-state index in [-0.39, 0.29) is 11.3 Å². The Morgan fingerprint density at radius 2 is 2.10 bits per heavy atom. The van der Waals surface area contributed by atoms with Crippen LogP contribution in [0.15, 0.2) is 30.6 Å². The number of pyridine rings is 1. The number of morpholine rings is 1. The summed E-state index contributed by atoms with van der Waals surface area (Å²) in [7, 11) is 3.66. The van der Waals surface area contributed by atoms with Gasteiger partial charge in [-0.25, -0.2) is 4.79 Å². The normalized spacial score (nSPS) is 15.0. The molecule has 1 saturated heterocycles. The van der Waals surface area contributed by atoms with Gasteiger partial charge in [0.05, 0.1) is 24.3 Å².